The van der Waals surface area contributed by atoms with Gasteiger partial charge in [-0.15, -0.1) is 0 Å². The van der Waals surface area contributed by atoms with E-state index in [1.807, 2.05) is 6.92 Å². The lowest BCUT2D eigenvalue weighted by Crippen LogP contribution is -2.43. The lowest BCUT2D eigenvalue weighted by atomic mass is 10.1. The van der Waals surface area contributed by atoms with Crippen LogP contribution in [-0.2, 0) is 4.74 Å². The average Bonchev–Trinajstić information content (AvgIpc) is 2.61. The van der Waals surface area contributed by atoms with Gasteiger partial charge in [-0.25, -0.2) is 15.0 Å². The summed E-state index contributed by atoms with van der Waals surface area (Å²) in [5.41, 5.74) is 1.91. The van der Waals surface area contributed by atoms with Crippen molar-refractivity contribution in [1.82, 2.24) is 24.8 Å². The molecule has 1 amide bonds. The Morgan fingerprint density at radius 2 is 2.08 bits per heavy atom. The number of rotatable bonds is 3. The van der Waals surface area contributed by atoms with Crippen molar-refractivity contribution >= 4 is 11.7 Å². The van der Waals surface area contributed by atoms with E-state index in [1.54, 1.807) is 37.5 Å². The highest BCUT2D eigenvalue weighted by Crippen LogP contribution is 2.26. The minimum Gasteiger partial charge on any atom is -0.372 e. The summed E-state index contributed by atoms with van der Waals surface area (Å²) in [7, 11) is 1.78. The van der Waals surface area contributed by atoms with Gasteiger partial charge in [0.1, 0.15) is 23.4 Å². The number of carbonyl (C=O) groups excluding carboxylic acids is 1. The summed E-state index contributed by atoms with van der Waals surface area (Å²) in [5.74, 6) is 1.23. The van der Waals surface area contributed by atoms with Crippen LogP contribution in [0.15, 0.2) is 18.6 Å². The first-order valence-electron chi connectivity index (χ1n) is 7.80. The molecule has 2 aromatic heterocycles. The van der Waals surface area contributed by atoms with Gasteiger partial charge in [-0.05, 0) is 13.8 Å². The van der Waals surface area contributed by atoms with Crippen LogP contribution in [0.2, 0.25) is 0 Å². The standard InChI is InChI=1S/C16H20N6O2/c1-10-12(8-20-11(2)21-10)16(23)22-6-7-24-13(9-22)14-15(17-3)19-5-4-18-14/h4-5,8,13H,6-7,9H2,1-3H3,(H,17,19)/t13-/m0/s1. The quantitative estimate of drug-likeness (QED) is 0.903. The fourth-order valence-corrected chi connectivity index (χ4v) is 2.74. The molecule has 0 aliphatic carbocycles. The van der Waals surface area contributed by atoms with Gasteiger partial charge in [0.25, 0.3) is 5.91 Å². The maximum Gasteiger partial charge on any atom is 0.257 e. The Labute approximate surface area is 140 Å². The number of hydrogen-bond donors (Lipinski definition) is 1. The molecule has 0 aromatic carbocycles. The van der Waals surface area contributed by atoms with Gasteiger partial charge in [-0.3, -0.25) is 9.78 Å². The van der Waals surface area contributed by atoms with E-state index in [-0.39, 0.29) is 12.0 Å². The average molecular weight is 328 g/mol. The van der Waals surface area contributed by atoms with Gasteiger partial charge in [-0.1, -0.05) is 0 Å². The van der Waals surface area contributed by atoms with E-state index in [0.717, 1.165) is 0 Å². The van der Waals surface area contributed by atoms with E-state index in [0.29, 0.717) is 48.3 Å². The SMILES string of the molecule is CNc1nccnc1[C@@H]1CN(C(=O)c2cnc(C)nc2C)CCO1. The Kier molecular flexibility index (Phi) is 4.66. The van der Waals surface area contributed by atoms with Crippen molar-refractivity contribution in [2.75, 3.05) is 32.1 Å². The number of aromatic nitrogens is 4. The zero-order chi connectivity index (χ0) is 17.1. The number of amides is 1. The molecule has 1 aliphatic heterocycles. The van der Waals surface area contributed by atoms with Crippen LogP contribution in [0.5, 0.6) is 0 Å². The summed E-state index contributed by atoms with van der Waals surface area (Å²) in [4.78, 5) is 31.6. The minimum atomic E-state index is -0.314. The Balaban J connectivity index is 1.81. The number of anilines is 1. The van der Waals surface area contributed by atoms with Crippen LogP contribution < -0.4 is 5.32 Å². The molecule has 1 saturated heterocycles. The normalized spacial score (nSPS) is 17.6. The molecule has 0 unspecified atom stereocenters. The number of morpholine rings is 1. The predicted octanol–water partition coefficient (Wildman–Crippen LogP) is 1.14. The smallest absolute Gasteiger partial charge is 0.257 e. The maximum absolute atomic E-state index is 12.8. The number of carbonyl (C=O) groups is 1. The summed E-state index contributed by atoms with van der Waals surface area (Å²) >= 11 is 0. The van der Waals surface area contributed by atoms with Gasteiger partial charge in [-0.2, -0.15) is 0 Å². The third kappa shape index (κ3) is 3.18. The van der Waals surface area contributed by atoms with Crippen LogP contribution in [0.1, 0.15) is 33.7 Å². The van der Waals surface area contributed by atoms with E-state index in [4.69, 9.17) is 4.74 Å². The Bertz CT molecular complexity index is 751. The second-order valence-corrected chi connectivity index (χ2v) is 5.57. The van der Waals surface area contributed by atoms with Crippen LogP contribution >= 0.6 is 0 Å². The van der Waals surface area contributed by atoms with Gasteiger partial charge in [0.15, 0.2) is 0 Å². The Morgan fingerprint density at radius 3 is 2.83 bits per heavy atom. The molecule has 1 atom stereocenters. The molecular formula is C16H20N6O2. The predicted molar refractivity (Wildman–Crippen MR) is 87.7 cm³/mol. The summed E-state index contributed by atoms with van der Waals surface area (Å²) in [5, 5.41) is 3.01. The fraction of sp³-hybridized carbons (Fsp3) is 0.438. The zero-order valence-electron chi connectivity index (χ0n) is 14.0. The summed E-state index contributed by atoms with van der Waals surface area (Å²) in [6, 6.07) is 0. The number of ether oxygens (including phenoxy) is 1. The van der Waals surface area contributed by atoms with Gasteiger partial charge in [0, 0.05) is 32.2 Å². The second kappa shape index (κ2) is 6.88. The topological polar surface area (TPSA) is 93.1 Å². The molecule has 1 fully saturated rings. The highest BCUT2D eigenvalue weighted by atomic mass is 16.5. The third-order valence-electron chi connectivity index (χ3n) is 3.95. The number of aryl methyl sites for hydroxylation is 2. The van der Waals surface area contributed by atoms with Crippen LogP contribution in [0.25, 0.3) is 0 Å². The van der Waals surface area contributed by atoms with Crippen molar-refractivity contribution in [1.29, 1.82) is 0 Å². The fourth-order valence-electron chi connectivity index (χ4n) is 2.74. The molecule has 24 heavy (non-hydrogen) atoms. The largest absolute Gasteiger partial charge is 0.372 e. The van der Waals surface area contributed by atoms with Crippen LogP contribution in [0.3, 0.4) is 0 Å². The number of nitrogens with one attached hydrogen (secondary N) is 1. The lowest BCUT2D eigenvalue weighted by Gasteiger charge is -2.33. The summed E-state index contributed by atoms with van der Waals surface area (Å²) < 4.78 is 5.80. The summed E-state index contributed by atoms with van der Waals surface area (Å²) in [6.45, 7) is 5.01. The van der Waals surface area contributed by atoms with Crippen molar-refractivity contribution in [2.24, 2.45) is 0 Å². The van der Waals surface area contributed by atoms with E-state index in [1.165, 1.54) is 0 Å². The maximum atomic E-state index is 12.8. The van der Waals surface area contributed by atoms with Gasteiger partial charge in [0.2, 0.25) is 0 Å². The molecule has 0 radical (unpaired) electrons. The van der Waals surface area contributed by atoms with E-state index in [2.05, 4.69) is 25.3 Å². The first-order chi connectivity index (χ1) is 11.6. The van der Waals surface area contributed by atoms with Gasteiger partial charge in [0.05, 0.1) is 24.4 Å². The lowest BCUT2D eigenvalue weighted by molar-refractivity contribution is -0.0245. The molecular weight excluding hydrogens is 308 g/mol. The molecule has 2 aromatic rings. The molecule has 8 heteroatoms. The Hall–Kier alpha value is -2.61. The molecule has 3 heterocycles. The van der Waals surface area contributed by atoms with Gasteiger partial charge >= 0.3 is 0 Å². The van der Waals surface area contributed by atoms with Crippen molar-refractivity contribution in [3.8, 4) is 0 Å². The van der Waals surface area contributed by atoms with Crippen LogP contribution in [0.4, 0.5) is 5.82 Å². The monoisotopic (exact) mass is 328 g/mol. The second-order valence-electron chi connectivity index (χ2n) is 5.57. The first kappa shape index (κ1) is 16.3. The molecule has 1 N–H and O–H groups in total. The van der Waals surface area contributed by atoms with E-state index in [9.17, 15) is 4.79 Å². The molecule has 126 valence electrons. The van der Waals surface area contributed by atoms with Crippen molar-refractivity contribution < 1.29 is 9.53 Å². The van der Waals surface area contributed by atoms with Crippen molar-refractivity contribution in [2.45, 2.75) is 20.0 Å². The first-order valence-corrected chi connectivity index (χ1v) is 7.80. The third-order valence-corrected chi connectivity index (χ3v) is 3.95. The number of nitrogens with zero attached hydrogens (tertiary/aromatic N) is 5. The Morgan fingerprint density at radius 1 is 1.29 bits per heavy atom. The van der Waals surface area contributed by atoms with Gasteiger partial charge < -0.3 is 15.0 Å². The molecule has 0 bridgehead atoms. The highest BCUT2D eigenvalue weighted by molar-refractivity contribution is 5.95. The molecule has 1 aliphatic rings. The van der Waals surface area contributed by atoms with Crippen LogP contribution in [0, 0.1) is 13.8 Å². The van der Waals surface area contributed by atoms with Crippen molar-refractivity contribution in [3.05, 3.63) is 41.4 Å². The summed E-state index contributed by atoms with van der Waals surface area (Å²) in [6.07, 6.45) is 4.52. The molecule has 8 nitrogen and oxygen atoms in total. The molecule has 0 saturated carbocycles. The van der Waals surface area contributed by atoms with Crippen LogP contribution in [-0.4, -0.2) is 57.5 Å². The van der Waals surface area contributed by atoms with Crippen molar-refractivity contribution in [3.63, 3.8) is 0 Å². The van der Waals surface area contributed by atoms with E-state index >= 15 is 0 Å². The molecule has 3 rings (SSSR count). The zero-order valence-corrected chi connectivity index (χ0v) is 14.0. The highest BCUT2D eigenvalue weighted by Gasteiger charge is 2.29. The van der Waals surface area contributed by atoms with E-state index < -0.39 is 0 Å². The minimum absolute atomic E-state index is 0.0873. The number of hydrogen-bond acceptors (Lipinski definition) is 7. The molecule has 0 spiro atoms.